The van der Waals surface area contributed by atoms with Crippen LogP contribution in [0.2, 0.25) is 0 Å². The number of likely N-dealkylation sites (N-methyl/N-ethyl adjacent to an activating group) is 1. The highest BCUT2D eigenvalue weighted by Crippen LogP contribution is 2.14. The smallest absolute Gasteiger partial charge is 0.257 e. The lowest BCUT2D eigenvalue weighted by Gasteiger charge is -2.27. The van der Waals surface area contributed by atoms with Gasteiger partial charge in [0.15, 0.2) is 0 Å². The molecule has 0 unspecified atom stereocenters. The van der Waals surface area contributed by atoms with Gasteiger partial charge in [-0.15, -0.1) is 0 Å². The molecule has 19 heavy (non-hydrogen) atoms. The highest BCUT2D eigenvalue weighted by molar-refractivity contribution is 6.00. The van der Waals surface area contributed by atoms with Crippen LogP contribution in [0.4, 0.5) is 0 Å². The third kappa shape index (κ3) is 2.90. The third-order valence-electron chi connectivity index (χ3n) is 2.80. The Hall–Kier alpha value is -1.95. The van der Waals surface area contributed by atoms with E-state index in [4.69, 9.17) is 0 Å². The maximum atomic E-state index is 12.5. The van der Waals surface area contributed by atoms with Gasteiger partial charge in [-0.2, -0.15) is 5.10 Å². The van der Waals surface area contributed by atoms with Gasteiger partial charge in [0.05, 0.1) is 29.1 Å². The molecule has 0 saturated carbocycles. The number of aromatic nitrogens is 3. The van der Waals surface area contributed by atoms with Crippen LogP contribution in [0, 0.1) is 0 Å². The molecule has 0 saturated heterocycles. The van der Waals surface area contributed by atoms with Crippen LogP contribution in [0.1, 0.15) is 31.1 Å². The Labute approximate surface area is 111 Å². The van der Waals surface area contributed by atoms with Crippen molar-refractivity contribution in [1.82, 2.24) is 19.5 Å². The summed E-state index contributed by atoms with van der Waals surface area (Å²) in [6.45, 7) is 6.05. The van der Waals surface area contributed by atoms with Gasteiger partial charge in [-0.05, 0) is 20.8 Å². The summed E-state index contributed by atoms with van der Waals surface area (Å²) in [5.74, 6) is -0.146. The van der Waals surface area contributed by atoms with E-state index in [9.17, 15) is 9.90 Å². The maximum absolute atomic E-state index is 12.5. The van der Waals surface area contributed by atoms with Crippen molar-refractivity contribution in [3.05, 3.63) is 30.4 Å². The Bertz CT molecular complexity index is 586. The zero-order valence-corrected chi connectivity index (χ0v) is 11.4. The lowest BCUT2D eigenvalue weighted by molar-refractivity contribution is 0.0315. The minimum absolute atomic E-state index is 0.146. The Morgan fingerprint density at radius 3 is 2.84 bits per heavy atom. The first kappa shape index (κ1) is 13.5. The number of hydrogen-bond donors (Lipinski definition) is 1. The van der Waals surface area contributed by atoms with Gasteiger partial charge in [-0.1, -0.05) is 0 Å². The van der Waals surface area contributed by atoms with E-state index >= 15 is 0 Å². The third-order valence-corrected chi connectivity index (χ3v) is 2.80. The fraction of sp³-hybridized carbons (Fsp3) is 0.462. The molecular formula is C13H18N4O2. The van der Waals surface area contributed by atoms with E-state index in [0.717, 1.165) is 0 Å². The molecule has 0 spiro atoms. The summed E-state index contributed by atoms with van der Waals surface area (Å²) in [6.07, 6.45) is 6.45. The molecule has 6 nitrogen and oxygen atoms in total. The molecule has 0 bridgehead atoms. The Morgan fingerprint density at radius 2 is 2.21 bits per heavy atom. The van der Waals surface area contributed by atoms with Gasteiger partial charge >= 0.3 is 0 Å². The van der Waals surface area contributed by atoms with Gasteiger partial charge in [0, 0.05) is 25.5 Å². The lowest BCUT2D eigenvalue weighted by atomic mass is 10.1. The number of fused-ring (bicyclic) bond motifs is 1. The summed E-state index contributed by atoms with van der Waals surface area (Å²) in [4.78, 5) is 18.1. The van der Waals surface area contributed by atoms with Crippen molar-refractivity contribution in [2.45, 2.75) is 26.4 Å². The number of nitrogens with zero attached hydrogens (tertiary/aromatic N) is 4. The van der Waals surface area contributed by atoms with Crippen molar-refractivity contribution < 1.29 is 9.90 Å². The minimum Gasteiger partial charge on any atom is -0.389 e. The van der Waals surface area contributed by atoms with Crippen LogP contribution in [0.15, 0.2) is 24.8 Å². The molecule has 0 aliphatic rings. The average molecular weight is 262 g/mol. The number of aliphatic hydroxyl groups is 1. The molecule has 2 heterocycles. The lowest BCUT2D eigenvalue weighted by Crippen LogP contribution is -2.42. The van der Waals surface area contributed by atoms with E-state index in [-0.39, 0.29) is 12.5 Å². The minimum atomic E-state index is -0.924. The highest BCUT2D eigenvalue weighted by atomic mass is 16.3. The van der Waals surface area contributed by atoms with Crippen LogP contribution in [0.3, 0.4) is 0 Å². The summed E-state index contributed by atoms with van der Waals surface area (Å²) < 4.78 is 1.61. The van der Waals surface area contributed by atoms with Crippen LogP contribution < -0.4 is 0 Å². The second-order valence-corrected chi connectivity index (χ2v) is 5.10. The van der Waals surface area contributed by atoms with Crippen LogP contribution in [-0.2, 0) is 0 Å². The van der Waals surface area contributed by atoms with Gasteiger partial charge in [-0.3, -0.25) is 9.78 Å². The molecule has 6 heteroatoms. The van der Waals surface area contributed by atoms with E-state index in [1.54, 1.807) is 41.9 Å². The molecule has 0 aliphatic heterocycles. The van der Waals surface area contributed by atoms with E-state index in [2.05, 4.69) is 10.1 Å². The Balaban J connectivity index is 2.32. The molecule has 2 aromatic rings. The van der Waals surface area contributed by atoms with E-state index in [0.29, 0.717) is 17.6 Å². The zero-order chi connectivity index (χ0) is 14.0. The molecule has 0 atom stereocenters. The number of amides is 1. The second-order valence-electron chi connectivity index (χ2n) is 5.10. The number of rotatable bonds is 4. The van der Waals surface area contributed by atoms with Crippen molar-refractivity contribution in [2.75, 3.05) is 13.1 Å². The fourth-order valence-electron chi connectivity index (χ4n) is 1.96. The van der Waals surface area contributed by atoms with Crippen molar-refractivity contribution >= 4 is 11.4 Å². The summed E-state index contributed by atoms with van der Waals surface area (Å²) >= 11 is 0. The second kappa shape index (κ2) is 4.97. The van der Waals surface area contributed by atoms with Gasteiger partial charge in [-0.25, -0.2) is 4.52 Å². The average Bonchev–Trinajstić information content (AvgIpc) is 2.78. The number of carbonyl (C=O) groups excluding carboxylic acids is 1. The van der Waals surface area contributed by atoms with Crippen LogP contribution >= 0.6 is 0 Å². The molecule has 0 fully saturated rings. The molecule has 0 aliphatic carbocycles. The van der Waals surface area contributed by atoms with Crippen LogP contribution in [-0.4, -0.2) is 49.2 Å². The summed E-state index contributed by atoms with van der Waals surface area (Å²) in [6, 6.07) is 0. The summed E-state index contributed by atoms with van der Waals surface area (Å²) in [7, 11) is 0. The first-order valence-corrected chi connectivity index (χ1v) is 6.21. The van der Waals surface area contributed by atoms with E-state index in [1.165, 1.54) is 6.20 Å². The zero-order valence-electron chi connectivity index (χ0n) is 11.4. The van der Waals surface area contributed by atoms with Gasteiger partial charge in [0.1, 0.15) is 0 Å². The summed E-state index contributed by atoms with van der Waals surface area (Å²) in [5, 5.41) is 14.0. The predicted molar refractivity (Wildman–Crippen MR) is 70.9 cm³/mol. The standard InChI is InChI=1S/C13H18N4O2/c1-4-16(9-13(2,3)19)12(18)10-7-15-17-6-5-14-8-11(10)17/h5-8,19H,4,9H2,1-3H3. The van der Waals surface area contributed by atoms with Crippen molar-refractivity contribution in [2.24, 2.45) is 0 Å². The Kier molecular flexibility index (Phi) is 3.53. The molecule has 1 N–H and O–H groups in total. The molecule has 2 rings (SSSR count). The topological polar surface area (TPSA) is 70.7 Å². The quantitative estimate of drug-likeness (QED) is 0.891. The molecule has 1 amide bonds. The van der Waals surface area contributed by atoms with Gasteiger partial charge in [0.25, 0.3) is 5.91 Å². The first-order chi connectivity index (χ1) is 8.92. The number of carbonyl (C=O) groups is 1. The molecule has 2 aromatic heterocycles. The van der Waals surface area contributed by atoms with E-state index in [1.807, 2.05) is 6.92 Å². The summed E-state index contributed by atoms with van der Waals surface area (Å²) in [5.41, 5.74) is 0.244. The van der Waals surface area contributed by atoms with Gasteiger partial charge in [0.2, 0.25) is 0 Å². The number of hydrogen-bond acceptors (Lipinski definition) is 4. The molecule has 0 aromatic carbocycles. The predicted octanol–water partition coefficient (Wildman–Crippen LogP) is 0.962. The van der Waals surface area contributed by atoms with E-state index < -0.39 is 5.60 Å². The SMILES string of the molecule is CCN(CC(C)(C)O)C(=O)c1cnn2ccncc12. The van der Waals surface area contributed by atoms with Crippen molar-refractivity contribution in [3.8, 4) is 0 Å². The molecule has 102 valence electrons. The first-order valence-electron chi connectivity index (χ1n) is 6.21. The van der Waals surface area contributed by atoms with Crippen LogP contribution in [0.25, 0.3) is 5.52 Å². The van der Waals surface area contributed by atoms with Crippen LogP contribution in [0.5, 0.6) is 0 Å². The Morgan fingerprint density at radius 1 is 1.47 bits per heavy atom. The maximum Gasteiger partial charge on any atom is 0.257 e. The highest BCUT2D eigenvalue weighted by Gasteiger charge is 2.24. The largest absolute Gasteiger partial charge is 0.389 e. The molecular weight excluding hydrogens is 244 g/mol. The molecule has 0 radical (unpaired) electrons. The van der Waals surface area contributed by atoms with Gasteiger partial charge < -0.3 is 10.0 Å². The normalized spacial score (nSPS) is 11.8. The van der Waals surface area contributed by atoms with Crippen molar-refractivity contribution in [3.63, 3.8) is 0 Å². The monoisotopic (exact) mass is 262 g/mol. The van der Waals surface area contributed by atoms with Crippen molar-refractivity contribution in [1.29, 1.82) is 0 Å². The fourth-order valence-corrected chi connectivity index (χ4v) is 1.96.